The zero-order chi connectivity index (χ0) is 10.8. The molecule has 1 fully saturated rings. The predicted octanol–water partition coefficient (Wildman–Crippen LogP) is 0.788. The SMILES string of the molecule is O=C(c1nnc(Cl)s1)N1CCC[C@H]1CO. The summed E-state index contributed by atoms with van der Waals surface area (Å²) in [6.07, 6.45) is 1.76. The summed E-state index contributed by atoms with van der Waals surface area (Å²) in [5.74, 6) is -0.184. The number of aliphatic hydroxyl groups excluding tert-OH is 1. The van der Waals surface area contributed by atoms with Crippen LogP contribution in [0.15, 0.2) is 0 Å². The second-order valence-corrected chi connectivity index (χ2v) is 4.90. The van der Waals surface area contributed by atoms with E-state index in [1.807, 2.05) is 0 Å². The van der Waals surface area contributed by atoms with Gasteiger partial charge in [-0.2, -0.15) is 0 Å². The Kier molecular flexibility index (Phi) is 3.18. The van der Waals surface area contributed by atoms with E-state index in [0.717, 1.165) is 24.2 Å². The van der Waals surface area contributed by atoms with Crippen molar-refractivity contribution in [2.75, 3.05) is 13.2 Å². The Morgan fingerprint density at radius 1 is 1.67 bits per heavy atom. The molecule has 15 heavy (non-hydrogen) atoms. The van der Waals surface area contributed by atoms with Crippen LogP contribution >= 0.6 is 22.9 Å². The van der Waals surface area contributed by atoms with E-state index < -0.39 is 0 Å². The van der Waals surface area contributed by atoms with E-state index >= 15 is 0 Å². The third kappa shape index (κ3) is 2.11. The van der Waals surface area contributed by atoms with Gasteiger partial charge in [0.05, 0.1) is 12.6 Å². The van der Waals surface area contributed by atoms with Crippen molar-refractivity contribution in [1.82, 2.24) is 15.1 Å². The molecule has 1 aromatic heterocycles. The molecule has 1 aromatic rings. The van der Waals surface area contributed by atoms with Crippen LogP contribution in [0.4, 0.5) is 0 Å². The number of hydrogen-bond donors (Lipinski definition) is 1. The van der Waals surface area contributed by atoms with Crippen LogP contribution in [-0.4, -0.2) is 45.3 Å². The lowest BCUT2D eigenvalue weighted by Crippen LogP contribution is -2.37. The highest BCUT2D eigenvalue weighted by Crippen LogP contribution is 2.22. The predicted molar refractivity (Wildman–Crippen MR) is 56.1 cm³/mol. The average molecular weight is 248 g/mol. The van der Waals surface area contributed by atoms with Crippen molar-refractivity contribution in [2.24, 2.45) is 0 Å². The molecule has 1 aliphatic rings. The third-order valence-corrected chi connectivity index (χ3v) is 3.44. The normalized spacial score (nSPS) is 20.9. The van der Waals surface area contributed by atoms with E-state index in [0.29, 0.717) is 11.6 Å². The second kappa shape index (κ2) is 4.42. The summed E-state index contributed by atoms with van der Waals surface area (Å²) < 4.78 is 0.262. The molecule has 2 rings (SSSR count). The molecule has 1 N–H and O–H groups in total. The molecule has 7 heteroatoms. The highest BCUT2D eigenvalue weighted by Gasteiger charge is 2.30. The van der Waals surface area contributed by atoms with Gasteiger partial charge in [0.15, 0.2) is 0 Å². The standard InChI is InChI=1S/C8H10ClN3O2S/c9-8-11-10-6(15-8)7(14)12-3-1-2-5(12)4-13/h5,13H,1-4H2/t5-/m0/s1. The molecule has 2 heterocycles. The number of hydrogen-bond acceptors (Lipinski definition) is 5. The molecule has 0 saturated carbocycles. The van der Waals surface area contributed by atoms with E-state index in [1.54, 1.807) is 4.90 Å². The molecule has 1 aliphatic heterocycles. The first-order valence-electron chi connectivity index (χ1n) is 4.63. The molecule has 0 radical (unpaired) electrons. The van der Waals surface area contributed by atoms with Gasteiger partial charge in [-0.3, -0.25) is 4.79 Å². The van der Waals surface area contributed by atoms with Crippen LogP contribution in [0.1, 0.15) is 22.6 Å². The Bertz CT molecular complexity index is 371. The summed E-state index contributed by atoms with van der Waals surface area (Å²) in [4.78, 5) is 13.5. The van der Waals surface area contributed by atoms with Gasteiger partial charge in [0.1, 0.15) is 0 Å². The largest absolute Gasteiger partial charge is 0.394 e. The van der Waals surface area contributed by atoms with Gasteiger partial charge in [0, 0.05) is 6.54 Å². The maximum absolute atomic E-state index is 11.9. The molecule has 82 valence electrons. The molecule has 0 spiro atoms. The first-order valence-corrected chi connectivity index (χ1v) is 5.82. The molecule has 1 atom stereocenters. The van der Waals surface area contributed by atoms with Crippen LogP contribution in [0, 0.1) is 0 Å². The lowest BCUT2D eigenvalue weighted by Gasteiger charge is -2.21. The van der Waals surface area contributed by atoms with Crippen LogP contribution in [0.3, 0.4) is 0 Å². The van der Waals surface area contributed by atoms with E-state index in [2.05, 4.69) is 10.2 Å². The van der Waals surface area contributed by atoms with E-state index in [-0.39, 0.29) is 23.0 Å². The van der Waals surface area contributed by atoms with E-state index in [1.165, 1.54) is 0 Å². The number of likely N-dealkylation sites (tertiary alicyclic amines) is 1. The number of halogens is 1. The van der Waals surface area contributed by atoms with Crippen LogP contribution in [0.2, 0.25) is 4.47 Å². The minimum Gasteiger partial charge on any atom is -0.394 e. The number of carbonyl (C=O) groups excluding carboxylic acids is 1. The lowest BCUT2D eigenvalue weighted by molar-refractivity contribution is 0.0676. The smallest absolute Gasteiger partial charge is 0.285 e. The van der Waals surface area contributed by atoms with Crippen molar-refractivity contribution < 1.29 is 9.90 Å². The quantitative estimate of drug-likeness (QED) is 0.839. The van der Waals surface area contributed by atoms with Crippen LogP contribution in [0.5, 0.6) is 0 Å². The summed E-state index contributed by atoms with van der Waals surface area (Å²) in [7, 11) is 0. The minimum atomic E-state index is -0.184. The number of rotatable bonds is 2. The van der Waals surface area contributed by atoms with Gasteiger partial charge in [-0.1, -0.05) is 11.3 Å². The van der Waals surface area contributed by atoms with Crippen LogP contribution in [-0.2, 0) is 0 Å². The molecule has 1 amide bonds. The Morgan fingerprint density at radius 3 is 3.07 bits per heavy atom. The average Bonchev–Trinajstić information content (AvgIpc) is 2.84. The Labute approximate surface area is 95.7 Å². The monoisotopic (exact) mass is 247 g/mol. The molecule has 1 saturated heterocycles. The fourth-order valence-corrected chi connectivity index (χ4v) is 2.49. The summed E-state index contributed by atoms with van der Waals surface area (Å²) in [6, 6.07) is -0.0832. The van der Waals surface area contributed by atoms with Crippen LogP contribution in [0.25, 0.3) is 0 Å². The first kappa shape index (κ1) is 10.8. The van der Waals surface area contributed by atoms with Gasteiger partial charge >= 0.3 is 0 Å². The van der Waals surface area contributed by atoms with Gasteiger partial charge in [-0.05, 0) is 24.4 Å². The second-order valence-electron chi connectivity index (χ2n) is 3.34. The zero-order valence-electron chi connectivity index (χ0n) is 7.89. The Hall–Kier alpha value is -0.720. The maximum atomic E-state index is 11.9. The first-order chi connectivity index (χ1) is 7.22. The van der Waals surface area contributed by atoms with Crippen molar-refractivity contribution in [3.8, 4) is 0 Å². The van der Waals surface area contributed by atoms with Gasteiger partial charge < -0.3 is 10.0 Å². The van der Waals surface area contributed by atoms with Crippen molar-refractivity contribution in [1.29, 1.82) is 0 Å². The minimum absolute atomic E-state index is 0.00171. The molecular formula is C8H10ClN3O2S. The summed E-state index contributed by atoms with van der Waals surface area (Å²) in [6.45, 7) is 0.666. The van der Waals surface area contributed by atoms with E-state index in [4.69, 9.17) is 16.7 Å². The highest BCUT2D eigenvalue weighted by atomic mass is 35.5. The molecule has 5 nitrogen and oxygen atoms in total. The Balaban J connectivity index is 2.13. The number of carbonyl (C=O) groups is 1. The van der Waals surface area contributed by atoms with Gasteiger partial charge in [-0.15, -0.1) is 10.2 Å². The number of nitrogens with zero attached hydrogens (tertiary/aromatic N) is 3. The maximum Gasteiger partial charge on any atom is 0.285 e. The third-order valence-electron chi connectivity index (χ3n) is 2.43. The van der Waals surface area contributed by atoms with Gasteiger partial charge in [-0.25, -0.2) is 0 Å². The number of aromatic nitrogens is 2. The van der Waals surface area contributed by atoms with Crippen LogP contribution < -0.4 is 0 Å². The molecule has 0 unspecified atom stereocenters. The number of aliphatic hydroxyl groups is 1. The van der Waals surface area contributed by atoms with Crippen molar-refractivity contribution in [3.05, 3.63) is 9.47 Å². The fourth-order valence-electron chi connectivity index (χ4n) is 1.71. The van der Waals surface area contributed by atoms with Crippen molar-refractivity contribution in [3.63, 3.8) is 0 Å². The van der Waals surface area contributed by atoms with Gasteiger partial charge in [0.2, 0.25) is 9.47 Å². The molecule has 0 aromatic carbocycles. The molecular weight excluding hydrogens is 238 g/mol. The topological polar surface area (TPSA) is 66.3 Å². The van der Waals surface area contributed by atoms with Crippen molar-refractivity contribution in [2.45, 2.75) is 18.9 Å². The van der Waals surface area contributed by atoms with E-state index in [9.17, 15) is 4.79 Å². The zero-order valence-corrected chi connectivity index (χ0v) is 9.46. The summed E-state index contributed by atoms with van der Waals surface area (Å²) >= 11 is 6.67. The summed E-state index contributed by atoms with van der Waals surface area (Å²) in [5, 5.41) is 16.7. The lowest BCUT2D eigenvalue weighted by atomic mass is 10.2. The Morgan fingerprint density at radius 2 is 2.47 bits per heavy atom. The van der Waals surface area contributed by atoms with Crippen molar-refractivity contribution >= 4 is 28.8 Å². The molecule has 0 aliphatic carbocycles. The number of amides is 1. The molecule has 0 bridgehead atoms. The summed E-state index contributed by atoms with van der Waals surface area (Å²) in [5.41, 5.74) is 0. The van der Waals surface area contributed by atoms with Gasteiger partial charge in [0.25, 0.3) is 5.91 Å². The fraction of sp³-hybridized carbons (Fsp3) is 0.625. The highest BCUT2D eigenvalue weighted by molar-refractivity contribution is 7.17.